The molecular weight excluding hydrogens is 529 g/mol. The molecule has 0 radical (unpaired) electrons. The lowest BCUT2D eigenvalue weighted by molar-refractivity contribution is -0.124. The predicted molar refractivity (Wildman–Crippen MR) is 157 cm³/mol. The van der Waals surface area contributed by atoms with E-state index in [-0.39, 0.29) is 23.3 Å². The van der Waals surface area contributed by atoms with Crippen LogP contribution < -0.4 is 10.6 Å². The first-order valence-corrected chi connectivity index (χ1v) is 14.4. The van der Waals surface area contributed by atoms with Gasteiger partial charge >= 0.3 is 0 Å². The quantitative estimate of drug-likeness (QED) is 0.349. The molecule has 5 rings (SSSR count). The summed E-state index contributed by atoms with van der Waals surface area (Å²) in [5, 5.41) is 7.42. The predicted octanol–water partition coefficient (Wildman–Crippen LogP) is 5.74. The summed E-state index contributed by atoms with van der Waals surface area (Å²) in [6.07, 6.45) is 3.21. The van der Waals surface area contributed by atoms with Crippen LogP contribution in [0.3, 0.4) is 0 Å². The molecule has 7 heteroatoms. The maximum Gasteiger partial charge on any atom is 0.231 e. The van der Waals surface area contributed by atoms with E-state index in [1.54, 1.807) is 13.0 Å². The number of rotatable bonds is 9. The lowest BCUT2D eigenvalue weighted by atomic mass is 9.80. The van der Waals surface area contributed by atoms with E-state index in [0.717, 1.165) is 56.4 Å². The van der Waals surface area contributed by atoms with Crippen molar-refractivity contribution in [1.29, 1.82) is 0 Å². The number of nitrogens with one attached hydrogen (secondary N) is 2. The van der Waals surface area contributed by atoms with Crippen molar-refractivity contribution in [2.45, 2.75) is 43.6 Å². The Morgan fingerprint density at radius 1 is 0.897 bits per heavy atom. The Bertz CT molecular complexity index is 1310. The number of hydrogen-bond donors (Lipinski definition) is 2. The van der Waals surface area contributed by atoms with Gasteiger partial charge in [0.15, 0.2) is 0 Å². The first-order chi connectivity index (χ1) is 18.8. The lowest BCUT2D eigenvalue weighted by Gasteiger charge is -2.43. The highest BCUT2D eigenvalue weighted by molar-refractivity contribution is 6.42. The van der Waals surface area contributed by atoms with Crippen molar-refractivity contribution >= 4 is 35.0 Å². The van der Waals surface area contributed by atoms with Crippen LogP contribution in [0.15, 0.2) is 78.9 Å². The number of likely N-dealkylation sites (tertiary alicyclic amines) is 1. The van der Waals surface area contributed by atoms with Crippen LogP contribution in [-0.2, 0) is 27.0 Å². The highest BCUT2D eigenvalue weighted by atomic mass is 35.5. The van der Waals surface area contributed by atoms with Gasteiger partial charge in [0, 0.05) is 33.1 Å². The fourth-order valence-electron chi connectivity index (χ4n) is 6.22. The van der Waals surface area contributed by atoms with E-state index in [2.05, 4.69) is 39.8 Å². The fraction of sp³-hybridized carbons (Fsp3) is 0.375. The van der Waals surface area contributed by atoms with Crippen LogP contribution in [0.25, 0.3) is 0 Å². The van der Waals surface area contributed by atoms with Crippen LogP contribution in [0.2, 0.25) is 10.0 Å². The third-order valence-electron chi connectivity index (χ3n) is 8.42. The minimum Gasteiger partial charge on any atom is -0.355 e. The third-order valence-corrected chi connectivity index (χ3v) is 9.16. The number of carbonyl (C=O) groups is 2. The normalized spacial score (nSPS) is 22.2. The minimum absolute atomic E-state index is 0.0136. The molecule has 2 atom stereocenters. The molecule has 1 heterocycles. The van der Waals surface area contributed by atoms with Crippen molar-refractivity contribution in [3.05, 3.63) is 106 Å². The molecule has 0 aromatic heterocycles. The second-order valence-electron chi connectivity index (χ2n) is 10.9. The van der Waals surface area contributed by atoms with Gasteiger partial charge in [-0.1, -0.05) is 89.9 Å². The van der Waals surface area contributed by atoms with Crippen molar-refractivity contribution in [2.24, 2.45) is 5.92 Å². The maximum absolute atomic E-state index is 13.7. The number of benzene rings is 3. The summed E-state index contributed by atoms with van der Waals surface area (Å²) in [6.45, 7) is 4.68. The van der Waals surface area contributed by atoms with Gasteiger partial charge in [-0.05, 0) is 60.4 Å². The van der Waals surface area contributed by atoms with Crippen molar-refractivity contribution < 1.29 is 9.59 Å². The molecular formula is C32H35Cl2N3O2. The number of halogens is 2. The number of hydrogen-bond acceptors (Lipinski definition) is 3. The average Bonchev–Trinajstić information content (AvgIpc) is 3.67. The van der Waals surface area contributed by atoms with Gasteiger partial charge in [0.1, 0.15) is 0 Å². The van der Waals surface area contributed by atoms with Crippen LogP contribution in [0, 0.1) is 5.92 Å². The standard InChI is InChI=1S/C32H35Cl2N3O2/c1-23(38)36-31(25-10-6-3-7-11-25)15-18-37(19-16-31)22-27-21-32(27,26-12-13-28(33)29(34)20-26)30(39)35-17-14-24-8-4-2-5-9-24/h2-13,20,27H,14-19,21-22H2,1H3,(H,35,39)(H,36,38). The highest BCUT2D eigenvalue weighted by Crippen LogP contribution is 2.56. The Hall–Kier alpha value is -2.86. The van der Waals surface area contributed by atoms with Gasteiger partial charge < -0.3 is 15.5 Å². The van der Waals surface area contributed by atoms with E-state index in [0.29, 0.717) is 16.6 Å². The zero-order chi connectivity index (χ0) is 27.5. The third kappa shape index (κ3) is 6.01. The molecule has 2 aliphatic rings. The maximum atomic E-state index is 13.7. The van der Waals surface area contributed by atoms with Gasteiger partial charge in [0.05, 0.1) is 21.0 Å². The second-order valence-corrected chi connectivity index (χ2v) is 11.7. The first-order valence-electron chi connectivity index (χ1n) is 13.7. The molecule has 0 spiro atoms. The molecule has 3 aromatic rings. The Kier molecular flexibility index (Phi) is 8.32. The van der Waals surface area contributed by atoms with Crippen LogP contribution in [0.5, 0.6) is 0 Å². The number of nitrogens with zero attached hydrogens (tertiary/aromatic N) is 1. The molecule has 1 saturated heterocycles. The summed E-state index contributed by atoms with van der Waals surface area (Å²) in [5.74, 6) is 0.215. The first kappa shape index (κ1) is 27.7. The van der Waals surface area contributed by atoms with E-state index in [9.17, 15) is 9.59 Å². The molecule has 1 aliphatic heterocycles. The Labute approximate surface area is 240 Å². The summed E-state index contributed by atoms with van der Waals surface area (Å²) < 4.78 is 0. The topological polar surface area (TPSA) is 61.4 Å². The van der Waals surface area contributed by atoms with E-state index >= 15 is 0 Å². The molecule has 2 unspecified atom stereocenters. The summed E-state index contributed by atoms with van der Waals surface area (Å²) in [7, 11) is 0. The SMILES string of the molecule is CC(=O)NC1(c2ccccc2)CCN(CC2CC2(C(=O)NCCc2ccccc2)c2ccc(Cl)c(Cl)c2)CC1. The minimum atomic E-state index is -0.615. The van der Waals surface area contributed by atoms with Gasteiger partial charge in [-0.3, -0.25) is 9.59 Å². The molecule has 39 heavy (non-hydrogen) atoms. The van der Waals surface area contributed by atoms with E-state index in [1.807, 2.05) is 48.5 Å². The average molecular weight is 565 g/mol. The fourth-order valence-corrected chi connectivity index (χ4v) is 6.52. The van der Waals surface area contributed by atoms with E-state index < -0.39 is 5.41 Å². The number of piperidine rings is 1. The number of amides is 2. The molecule has 3 aromatic carbocycles. The van der Waals surface area contributed by atoms with Gasteiger partial charge in [-0.25, -0.2) is 0 Å². The van der Waals surface area contributed by atoms with Gasteiger partial charge in [-0.2, -0.15) is 0 Å². The molecule has 204 valence electrons. The second kappa shape index (κ2) is 11.7. The van der Waals surface area contributed by atoms with E-state index in [4.69, 9.17) is 23.2 Å². The monoisotopic (exact) mass is 563 g/mol. The van der Waals surface area contributed by atoms with Crippen molar-refractivity contribution in [1.82, 2.24) is 15.5 Å². The largest absolute Gasteiger partial charge is 0.355 e. The molecule has 2 fully saturated rings. The van der Waals surface area contributed by atoms with Crippen molar-refractivity contribution in [2.75, 3.05) is 26.2 Å². The zero-order valence-electron chi connectivity index (χ0n) is 22.3. The van der Waals surface area contributed by atoms with Crippen molar-refractivity contribution in [3.8, 4) is 0 Å². The molecule has 2 N–H and O–H groups in total. The smallest absolute Gasteiger partial charge is 0.231 e. The Morgan fingerprint density at radius 2 is 1.56 bits per heavy atom. The van der Waals surface area contributed by atoms with Gasteiger partial charge in [0.25, 0.3) is 0 Å². The Morgan fingerprint density at radius 3 is 2.21 bits per heavy atom. The van der Waals surface area contributed by atoms with Crippen LogP contribution in [0.4, 0.5) is 0 Å². The molecule has 1 saturated carbocycles. The Balaban J connectivity index is 1.28. The molecule has 5 nitrogen and oxygen atoms in total. The summed E-state index contributed by atoms with van der Waals surface area (Å²) in [5.41, 5.74) is 2.30. The summed E-state index contributed by atoms with van der Waals surface area (Å²) in [4.78, 5) is 28.3. The van der Waals surface area contributed by atoms with Crippen LogP contribution in [0.1, 0.15) is 42.9 Å². The zero-order valence-corrected chi connectivity index (χ0v) is 23.8. The summed E-state index contributed by atoms with van der Waals surface area (Å²) in [6, 6.07) is 26.0. The lowest BCUT2D eigenvalue weighted by Crippen LogP contribution is -2.53. The van der Waals surface area contributed by atoms with Crippen LogP contribution in [-0.4, -0.2) is 42.9 Å². The molecule has 1 aliphatic carbocycles. The van der Waals surface area contributed by atoms with E-state index in [1.165, 1.54) is 5.56 Å². The molecule has 2 amide bonds. The highest BCUT2D eigenvalue weighted by Gasteiger charge is 2.61. The number of carbonyl (C=O) groups excluding carboxylic acids is 2. The van der Waals surface area contributed by atoms with Crippen molar-refractivity contribution in [3.63, 3.8) is 0 Å². The van der Waals surface area contributed by atoms with Gasteiger partial charge in [0.2, 0.25) is 11.8 Å². The summed E-state index contributed by atoms with van der Waals surface area (Å²) >= 11 is 12.6. The van der Waals surface area contributed by atoms with Crippen LogP contribution >= 0.6 is 23.2 Å². The van der Waals surface area contributed by atoms with Gasteiger partial charge in [-0.15, -0.1) is 0 Å². The molecule has 0 bridgehead atoms.